The molecular weight excluding hydrogens is 196 g/mol. The van der Waals surface area contributed by atoms with E-state index in [0.29, 0.717) is 6.04 Å². The second kappa shape index (κ2) is 4.79. The monoisotopic (exact) mass is 212 g/mol. The summed E-state index contributed by atoms with van der Waals surface area (Å²) in [7, 11) is 0. The zero-order valence-electron chi connectivity index (χ0n) is 8.44. The molecular formula is C9H16N4S. The van der Waals surface area contributed by atoms with Crippen LogP contribution < -0.4 is 0 Å². The van der Waals surface area contributed by atoms with Gasteiger partial charge in [-0.25, -0.2) is 0 Å². The molecule has 14 heavy (non-hydrogen) atoms. The summed E-state index contributed by atoms with van der Waals surface area (Å²) in [5, 5.41) is 10.5. The lowest BCUT2D eigenvalue weighted by Crippen LogP contribution is -2.41. The van der Waals surface area contributed by atoms with Crippen molar-refractivity contribution in [2.24, 2.45) is 0 Å². The Balaban J connectivity index is 1.79. The molecule has 1 atom stereocenters. The van der Waals surface area contributed by atoms with E-state index in [0.717, 1.165) is 18.7 Å². The van der Waals surface area contributed by atoms with Crippen LogP contribution in [-0.4, -0.2) is 50.9 Å². The van der Waals surface area contributed by atoms with Crippen molar-refractivity contribution in [1.82, 2.24) is 20.3 Å². The third kappa shape index (κ3) is 2.48. The lowest BCUT2D eigenvalue weighted by molar-refractivity contribution is 0.235. The minimum atomic E-state index is 0.709. The second-order valence-corrected chi connectivity index (χ2v) is 4.82. The number of hydrogen-bond donors (Lipinski definition) is 1. The van der Waals surface area contributed by atoms with Crippen LogP contribution in [0.1, 0.15) is 12.6 Å². The highest BCUT2D eigenvalue weighted by Crippen LogP contribution is 2.15. The number of nitrogens with one attached hydrogen (secondary N) is 1. The molecule has 0 bridgehead atoms. The van der Waals surface area contributed by atoms with Crippen LogP contribution in [0.3, 0.4) is 0 Å². The van der Waals surface area contributed by atoms with E-state index >= 15 is 0 Å². The standard InChI is InChI=1S/C9H16N4S/c1-8-7-14-5-4-13(8)3-2-9-6-10-12-11-9/h6,8H,2-5,7H2,1H3,(H,10,11,12). The molecule has 5 heteroatoms. The van der Waals surface area contributed by atoms with E-state index in [1.54, 1.807) is 0 Å². The number of rotatable bonds is 3. The molecule has 1 unspecified atom stereocenters. The number of hydrogen-bond acceptors (Lipinski definition) is 4. The molecule has 1 N–H and O–H groups in total. The Morgan fingerprint density at radius 2 is 2.64 bits per heavy atom. The summed E-state index contributed by atoms with van der Waals surface area (Å²) in [6.07, 6.45) is 2.81. The molecule has 1 fully saturated rings. The Kier molecular flexibility index (Phi) is 3.42. The van der Waals surface area contributed by atoms with Crippen LogP contribution in [0.2, 0.25) is 0 Å². The van der Waals surface area contributed by atoms with Gasteiger partial charge in [-0.2, -0.15) is 27.2 Å². The lowest BCUT2D eigenvalue weighted by atomic mass is 10.2. The maximum Gasteiger partial charge on any atom is 0.0837 e. The van der Waals surface area contributed by atoms with Crippen molar-refractivity contribution < 1.29 is 0 Å². The Labute approximate surface area is 88.4 Å². The first-order chi connectivity index (χ1) is 6.86. The molecule has 0 saturated carbocycles. The number of thioether (sulfide) groups is 1. The van der Waals surface area contributed by atoms with Crippen LogP contribution in [-0.2, 0) is 6.42 Å². The molecule has 0 aliphatic carbocycles. The van der Waals surface area contributed by atoms with Crippen molar-refractivity contribution in [1.29, 1.82) is 0 Å². The summed E-state index contributed by atoms with van der Waals surface area (Å²) in [5.74, 6) is 2.53. The van der Waals surface area contributed by atoms with Crippen LogP contribution in [0.15, 0.2) is 6.20 Å². The Hall–Kier alpha value is -0.550. The Morgan fingerprint density at radius 1 is 1.71 bits per heavy atom. The van der Waals surface area contributed by atoms with Crippen molar-refractivity contribution in [3.05, 3.63) is 11.9 Å². The highest BCUT2D eigenvalue weighted by Gasteiger charge is 2.17. The second-order valence-electron chi connectivity index (χ2n) is 3.67. The smallest absolute Gasteiger partial charge is 0.0837 e. The molecule has 2 rings (SSSR count). The first-order valence-corrected chi connectivity index (χ1v) is 6.18. The van der Waals surface area contributed by atoms with Crippen LogP contribution in [0, 0.1) is 0 Å². The molecule has 78 valence electrons. The van der Waals surface area contributed by atoms with E-state index in [9.17, 15) is 0 Å². The average Bonchev–Trinajstić information content (AvgIpc) is 2.69. The quantitative estimate of drug-likeness (QED) is 0.804. The van der Waals surface area contributed by atoms with Gasteiger partial charge in [0, 0.05) is 37.1 Å². The van der Waals surface area contributed by atoms with Crippen molar-refractivity contribution in [2.45, 2.75) is 19.4 Å². The van der Waals surface area contributed by atoms with Gasteiger partial charge in [0.05, 0.1) is 11.9 Å². The maximum absolute atomic E-state index is 4.06. The zero-order chi connectivity index (χ0) is 9.80. The lowest BCUT2D eigenvalue weighted by Gasteiger charge is -2.32. The molecule has 0 amide bonds. The van der Waals surface area contributed by atoms with Crippen molar-refractivity contribution >= 4 is 11.8 Å². The largest absolute Gasteiger partial charge is 0.299 e. The molecule has 0 aromatic carbocycles. The number of H-pyrrole nitrogens is 1. The molecule has 4 nitrogen and oxygen atoms in total. The maximum atomic E-state index is 4.06. The first kappa shape index (κ1) is 9.98. The zero-order valence-corrected chi connectivity index (χ0v) is 9.26. The van der Waals surface area contributed by atoms with Crippen LogP contribution in [0.25, 0.3) is 0 Å². The highest BCUT2D eigenvalue weighted by molar-refractivity contribution is 7.99. The molecule has 1 aliphatic heterocycles. The van der Waals surface area contributed by atoms with Gasteiger partial charge in [0.25, 0.3) is 0 Å². The minimum absolute atomic E-state index is 0.709. The minimum Gasteiger partial charge on any atom is -0.299 e. The van der Waals surface area contributed by atoms with Crippen LogP contribution in [0.4, 0.5) is 0 Å². The summed E-state index contributed by atoms with van der Waals surface area (Å²) in [6.45, 7) is 4.62. The molecule has 1 aliphatic rings. The predicted octanol–water partition coefficient (Wildman–Crippen LogP) is 0.784. The number of aromatic nitrogens is 3. The van der Waals surface area contributed by atoms with E-state index < -0.39 is 0 Å². The van der Waals surface area contributed by atoms with Crippen LogP contribution in [0.5, 0.6) is 0 Å². The SMILES string of the molecule is CC1CSCCN1CCc1cn[nH]n1. The van der Waals surface area contributed by atoms with Gasteiger partial charge in [-0.1, -0.05) is 0 Å². The first-order valence-electron chi connectivity index (χ1n) is 5.02. The van der Waals surface area contributed by atoms with Gasteiger partial charge in [0.1, 0.15) is 0 Å². The van der Waals surface area contributed by atoms with Gasteiger partial charge < -0.3 is 0 Å². The topological polar surface area (TPSA) is 44.8 Å². The molecule has 0 radical (unpaired) electrons. The van der Waals surface area contributed by atoms with E-state index in [2.05, 4.69) is 39.0 Å². The summed E-state index contributed by atoms with van der Waals surface area (Å²) >= 11 is 2.05. The Bertz CT molecular complexity index is 262. The molecule has 1 aromatic heterocycles. The van der Waals surface area contributed by atoms with Crippen LogP contribution >= 0.6 is 11.8 Å². The fraction of sp³-hybridized carbons (Fsp3) is 0.778. The average molecular weight is 212 g/mol. The Morgan fingerprint density at radius 3 is 3.36 bits per heavy atom. The van der Waals surface area contributed by atoms with E-state index in [1.165, 1.54) is 18.1 Å². The predicted molar refractivity (Wildman–Crippen MR) is 58.4 cm³/mol. The molecule has 1 aromatic rings. The van der Waals surface area contributed by atoms with Crippen molar-refractivity contribution in [3.63, 3.8) is 0 Å². The fourth-order valence-corrected chi connectivity index (χ4v) is 2.78. The normalized spacial score (nSPS) is 23.9. The molecule has 1 saturated heterocycles. The number of aromatic amines is 1. The van der Waals surface area contributed by atoms with Gasteiger partial charge in [0.2, 0.25) is 0 Å². The summed E-state index contributed by atoms with van der Waals surface area (Å²) in [4.78, 5) is 2.53. The van der Waals surface area contributed by atoms with E-state index in [4.69, 9.17) is 0 Å². The summed E-state index contributed by atoms with van der Waals surface area (Å²) in [5.41, 5.74) is 1.07. The van der Waals surface area contributed by atoms with Crippen molar-refractivity contribution in [2.75, 3.05) is 24.6 Å². The van der Waals surface area contributed by atoms with Gasteiger partial charge in [-0.05, 0) is 6.92 Å². The number of nitrogens with zero attached hydrogens (tertiary/aromatic N) is 3. The van der Waals surface area contributed by atoms with Crippen molar-refractivity contribution in [3.8, 4) is 0 Å². The third-order valence-corrected chi connectivity index (χ3v) is 3.81. The van der Waals surface area contributed by atoms with Gasteiger partial charge >= 0.3 is 0 Å². The van der Waals surface area contributed by atoms with Gasteiger partial charge in [0.15, 0.2) is 0 Å². The highest BCUT2D eigenvalue weighted by atomic mass is 32.2. The summed E-state index contributed by atoms with van der Waals surface area (Å²) in [6, 6.07) is 0.709. The van der Waals surface area contributed by atoms with E-state index in [-0.39, 0.29) is 0 Å². The molecule has 2 heterocycles. The molecule has 0 spiro atoms. The van der Waals surface area contributed by atoms with E-state index in [1.807, 2.05) is 6.20 Å². The fourth-order valence-electron chi connectivity index (χ4n) is 1.70. The van der Waals surface area contributed by atoms with Gasteiger partial charge in [-0.3, -0.25) is 4.90 Å². The third-order valence-electron chi connectivity index (χ3n) is 2.63. The summed E-state index contributed by atoms with van der Waals surface area (Å²) < 4.78 is 0. The van der Waals surface area contributed by atoms with Gasteiger partial charge in [-0.15, -0.1) is 0 Å².